The summed E-state index contributed by atoms with van der Waals surface area (Å²) in [7, 11) is 0. The molecule has 27 heteroatoms. The number of aliphatic carboxylic acids is 3. The Bertz CT molecular complexity index is 2660. The number of carboxylic acid groups (broad SMARTS) is 3. The van der Waals surface area contributed by atoms with Crippen molar-refractivity contribution in [1.29, 1.82) is 0 Å². The Morgan fingerprint density at radius 3 is 1.88 bits per heavy atom. The number of H-pyrrole nitrogens is 1. The van der Waals surface area contributed by atoms with Crippen LogP contribution in [0.25, 0.3) is 10.9 Å². The van der Waals surface area contributed by atoms with Gasteiger partial charge in [-0.05, 0) is 68.6 Å². The Hall–Kier alpha value is -8.62. The van der Waals surface area contributed by atoms with Gasteiger partial charge in [0, 0.05) is 55.9 Å². The number of fused-ring (bicyclic) bond motifs is 1. The number of nitrogens with two attached hydrogens (primary N) is 3. The maximum atomic E-state index is 14.6. The number of benzene rings is 2. The van der Waals surface area contributed by atoms with Crippen LogP contribution in [0.4, 0.5) is 0 Å². The van der Waals surface area contributed by atoms with Crippen molar-refractivity contribution in [3.05, 3.63) is 71.9 Å². The van der Waals surface area contributed by atoms with Crippen LogP contribution in [0.5, 0.6) is 0 Å². The topological polar surface area (TPSA) is 442 Å². The summed E-state index contributed by atoms with van der Waals surface area (Å²) >= 11 is 0. The molecular formula is C51H71N13O14. The molecule has 8 amide bonds. The summed E-state index contributed by atoms with van der Waals surface area (Å²) in [4.78, 5) is 153. The molecule has 17 N–H and O–H groups in total. The van der Waals surface area contributed by atoms with Crippen LogP contribution in [0.3, 0.4) is 0 Å². The van der Waals surface area contributed by atoms with Crippen LogP contribution in [-0.4, -0.2) is 164 Å². The van der Waals surface area contributed by atoms with Crippen molar-refractivity contribution in [3.8, 4) is 0 Å². The number of aromatic nitrogens is 1. The Morgan fingerprint density at radius 1 is 0.667 bits per heavy atom. The van der Waals surface area contributed by atoms with E-state index in [1.54, 1.807) is 74.6 Å². The number of carboxylic acids is 3. The van der Waals surface area contributed by atoms with Crippen molar-refractivity contribution in [2.45, 2.75) is 133 Å². The van der Waals surface area contributed by atoms with Gasteiger partial charge in [-0.1, -0.05) is 62.4 Å². The quantitative estimate of drug-likeness (QED) is 0.0185. The van der Waals surface area contributed by atoms with Crippen LogP contribution in [0.1, 0.15) is 83.3 Å². The first-order valence-corrected chi connectivity index (χ1v) is 25.4. The number of hydrogen-bond donors (Lipinski definition) is 14. The molecule has 1 aliphatic rings. The monoisotopic (exact) mass is 1090 g/mol. The molecule has 0 unspecified atom stereocenters. The van der Waals surface area contributed by atoms with Gasteiger partial charge in [0.15, 0.2) is 5.96 Å². The second-order valence-corrected chi connectivity index (χ2v) is 19.2. The zero-order valence-corrected chi connectivity index (χ0v) is 43.6. The number of aromatic amines is 1. The lowest BCUT2D eigenvalue weighted by molar-refractivity contribution is -0.148. The van der Waals surface area contributed by atoms with Gasteiger partial charge in [0.25, 0.3) is 0 Å². The highest BCUT2D eigenvalue weighted by atomic mass is 16.4. The lowest BCUT2D eigenvalue weighted by Gasteiger charge is -2.28. The van der Waals surface area contributed by atoms with Crippen molar-refractivity contribution >= 4 is 82.0 Å². The van der Waals surface area contributed by atoms with Gasteiger partial charge in [0.2, 0.25) is 47.3 Å². The largest absolute Gasteiger partial charge is 0.481 e. The van der Waals surface area contributed by atoms with Crippen molar-refractivity contribution in [2.75, 3.05) is 19.6 Å². The van der Waals surface area contributed by atoms with E-state index in [2.05, 4.69) is 47.2 Å². The summed E-state index contributed by atoms with van der Waals surface area (Å²) in [6.07, 6.45) is 0.345. The van der Waals surface area contributed by atoms with Crippen molar-refractivity contribution in [2.24, 2.45) is 28.1 Å². The fourth-order valence-corrected chi connectivity index (χ4v) is 8.49. The number of nitrogens with zero attached hydrogens (tertiary/aromatic N) is 2. The van der Waals surface area contributed by atoms with Gasteiger partial charge in [0.05, 0.1) is 12.6 Å². The highest BCUT2D eigenvalue weighted by molar-refractivity contribution is 5.98. The molecule has 2 aromatic carbocycles. The zero-order valence-electron chi connectivity index (χ0n) is 43.6. The van der Waals surface area contributed by atoms with E-state index in [0.717, 1.165) is 4.90 Å². The van der Waals surface area contributed by atoms with Crippen molar-refractivity contribution in [3.63, 3.8) is 0 Å². The van der Waals surface area contributed by atoms with E-state index in [1.165, 1.54) is 6.92 Å². The highest BCUT2D eigenvalue weighted by Gasteiger charge is 2.36. The molecule has 27 nitrogen and oxygen atoms in total. The minimum atomic E-state index is -1.60. The number of para-hydroxylation sites is 1. The summed E-state index contributed by atoms with van der Waals surface area (Å²) in [6.45, 7) is 4.15. The maximum Gasteiger partial charge on any atom is 0.326 e. The smallest absolute Gasteiger partial charge is 0.326 e. The normalized spacial score (nSPS) is 15.7. The van der Waals surface area contributed by atoms with Crippen LogP contribution >= 0.6 is 0 Å². The molecule has 78 heavy (non-hydrogen) atoms. The van der Waals surface area contributed by atoms with Gasteiger partial charge in [-0.3, -0.25) is 52.9 Å². The molecule has 0 bridgehead atoms. The second-order valence-electron chi connectivity index (χ2n) is 19.2. The minimum Gasteiger partial charge on any atom is -0.481 e. The minimum absolute atomic E-state index is 0.0426. The molecule has 0 aliphatic carbocycles. The van der Waals surface area contributed by atoms with E-state index in [-0.39, 0.29) is 57.6 Å². The van der Waals surface area contributed by atoms with E-state index < -0.39 is 145 Å². The number of aliphatic imine (C=N–C) groups is 1. The zero-order chi connectivity index (χ0) is 57.6. The van der Waals surface area contributed by atoms with Crippen LogP contribution in [0, 0.1) is 5.92 Å². The third-order valence-corrected chi connectivity index (χ3v) is 12.8. The lowest BCUT2D eigenvalue weighted by atomic mass is 10.00. The summed E-state index contributed by atoms with van der Waals surface area (Å²) < 4.78 is 0. The number of amides is 8. The molecule has 0 spiro atoms. The summed E-state index contributed by atoms with van der Waals surface area (Å²) in [6, 6.07) is 4.60. The molecule has 8 atom stereocenters. The number of hydrogen-bond acceptors (Lipinski definition) is 13. The van der Waals surface area contributed by atoms with E-state index in [9.17, 15) is 63.0 Å². The maximum absolute atomic E-state index is 14.6. The summed E-state index contributed by atoms with van der Waals surface area (Å²) in [5.41, 5.74) is 18.6. The number of rotatable bonds is 31. The molecule has 2 heterocycles. The fraction of sp³-hybridized carbons (Fsp3) is 0.490. The Balaban J connectivity index is 1.60. The van der Waals surface area contributed by atoms with Gasteiger partial charge in [0.1, 0.15) is 42.3 Å². The summed E-state index contributed by atoms with van der Waals surface area (Å²) in [5, 5.41) is 46.8. The molecule has 0 radical (unpaired) electrons. The molecule has 1 fully saturated rings. The van der Waals surface area contributed by atoms with Gasteiger partial charge in [-0.25, -0.2) is 4.79 Å². The first-order valence-electron chi connectivity index (χ1n) is 25.4. The molecule has 1 aliphatic heterocycles. The van der Waals surface area contributed by atoms with Crippen molar-refractivity contribution in [1.82, 2.24) is 47.1 Å². The Kier molecular flexibility index (Phi) is 24.0. The average Bonchev–Trinajstić information content (AvgIpc) is 4.07. The second kappa shape index (κ2) is 30.2. The molecule has 1 aromatic heterocycles. The van der Waals surface area contributed by atoms with E-state index in [4.69, 9.17) is 22.3 Å². The van der Waals surface area contributed by atoms with Gasteiger partial charge in [-0.15, -0.1) is 0 Å². The van der Waals surface area contributed by atoms with Crippen LogP contribution in [0.2, 0.25) is 0 Å². The third-order valence-electron chi connectivity index (χ3n) is 12.8. The number of carbonyl (C=O) groups is 11. The Morgan fingerprint density at radius 2 is 1.24 bits per heavy atom. The number of guanidine groups is 1. The molecule has 3 aromatic rings. The molecule has 0 saturated carbocycles. The van der Waals surface area contributed by atoms with Gasteiger partial charge < -0.3 is 79.6 Å². The highest BCUT2D eigenvalue weighted by Crippen LogP contribution is 2.20. The van der Waals surface area contributed by atoms with Crippen molar-refractivity contribution < 1.29 is 68.1 Å². The number of nitrogens with one attached hydrogen (secondary N) is 8. The van der Waals surface area contributed by atoms with Crippen LogP contribution < -0.4 is 54.4 Å². The van der Waals surface area contributed by atoms with E-state index in [1.807, 2.05) is 0 Å². The first-order chi connectivity index (χ1) is 36.9. The molecule has 1 saturated heterocycles. The van der Waals surface area contributed by atoms with E-state index >= 15 is 0 Å². The predicted octanol–water partition coefficient (Wildman–Crippen LogP) is -2.16. The number of carbonyl (C=O) groups excluding carboxylic acids is 8. The molecule has 4 rings (SSSR count). The average molecular weight is 1090 g/mol. The third kappa shape index (κ3) is 19.5. The van der Waals surface area contributed by atoms with E-state index in [0.29, 0.717) is 28.5 Å². The predicted molar refractivity (Wildman–Crippen MR) is 281 cm³/mol. The summed E-state index contributed by atoms with van der Waals surface area (Å²) in [5.74, 6) is -11.4. The molecule has 424 valence electrons. The van der Waals surface area contributed by atoms with Gasteiger partial charge >= 0.3 is 17.9 Å². The SMILES string of the molecule is CC(C)[C@H](NC(=O)[C@@H](N)CCC(=O)O)C(=O)N[C@@H](CCC(=O)O)C(=O)N[C@@H](Cc1ccccc1)C(=O)N[C@@H](Cc1c[nH]c2ccccc12)C(=O)N[C@@H](C)C(=O)N[C@@H](CCCN=C(N)N)C(=O)NCC(=O)N1CCC[C@H]1C(=O)O. The van der Waals surface area contributed by atoms with Gasteiger partial charge in [-0.2, -0.15) is 0 Å². The number of likely N-dealkylation sites (tertiary alicyclic amines) is 1. The molecular weight excluding hydrogens is 1020 g/mol. The van der Waals surface area contributed by atoms with Crippen LogP contribution in [0.15, 0.2) is 65.8 Å². The standard InChI is InChI=1S/C51H71N13O14/c1-27(2)42(63-44(71)32(52)17-19-40(66)67)49(76)60-35(18-20-41(68)69)46(73)61-36(23-29-11-5-4-6-12-29)48(75)62-37(24-30-25-56-33-14-8-7-13-31(30)33)47(74)58-28(3)43(70)59-34(15-9-21-55-51(53)54)45(72)57-26-39(65)64-22-10-16-38(64)50(77)78/h4-8,11-14,25,27-28,32,34-38,42,56H,9-10,15-24,26,52H2,1-3H3,(H,57,72)(H,58,74)(H,59,70)(H,60,76)(H,61,73)(H,62,75)(H,63,71)(H,66,67)(H,68,69)(H,77,78)(H4,53,54,55)/t28-,32-,34-,35-,36-,37-,38-,42-/m0/s1. The van der Waals surface area contributed by atoms with Crippen LogP contribution in [-0.2, 0) is 65.6 Å². The fourth-order valence-electron chi connectivity index (χ4n) is 8.49. The first kappa shape index (κ1) is 61.9. The lowest BCUT2D eigenvalue weighted by Crippen LogP contribution is -2.60. The Labute approximate surface area is 449 Å².